The van der Waals surface area contributed by atoms with E-state index in [0.29, 0.717) is 0 Å². The Balaban J connectivity index is 2.03. The summed E-state index contributed by atoms with van der Waals surface area (Å²) in [7, 11) is 1.69. The molecule has 5 heteroatoms. The Kier molecular flexibility index (Phi) is 4.28. The zero-order valence-corrected chi connectivity index (χ0v) is 12.9. The molecule has 1 aliphatic carbocycles. The van der Waals surface area contributed by atoms with Gasteiger partial charge in [0, 0.05) is 30.7 Å². The van der Waals surface area contributed by atoms with Gasteiger partial charge in [-0.1, -0.05) is 13.8 Å². The third-order valence-corrected chi connectivity index (χ3v) is 4.74. The summed E-state index contributed by atoms with van der Waals surface area (Å²) in [5, 5.41) is 3.22. The van der Waals surface area contributed by atoms with Crippen LogP contribution in [0.1, 0.15) is 25.8 Å². The number of ether oxygens (including phenoxy) is 1. The Morgan fingerprint density at radius 2 is 2.11 bits per heavy atom. The molecule has 0 aromatic heterocycles. The summed E-state index contributed by atoms with van der Waals surface area (Å²) < 4.78 is 33.1. The maximum atomic E-state index is 13.8. The molecule has 1 fully saturated rings. The molecule has 1 aliphatic rings. The molecule has 0 spiro atoms. The topological polar surface area (TPSA) is 21.3 Å². The molecule has 2 unspecified atom stereocenters. The summed E-state index contributed by atoms with van der Waals surface area (Å²) >= 11 is 3.07. The van der Waals surface area contributed by atoms with Crippen molar-refractivity contribution >= 4 is 15.9 Å². The van der Waals surface area contributed by atoms with Gasteiger partial charge in [-0.3, -0.25) is 0 Å². The summed E-state index contributed by atoms with van der Waals surface area (Å²) in [5.74, 6) is -1.05. The highest BCUT2D eigenvalue weighted by atomic mass is 79.9. The van der Waals surface area contributed by atoms with Crippen LogP contribution in [0.5, 0.6) is 0 Å². The van der Waals surface area contributed by atoms with E-state index >= 15 is 0 Å². The van der Waals surface area contributed by atoms with Crippen molar-refractivity contribution in [2.24, 2.45) is 5.41 Å². The lowest BCUT2D eigenvalue weighted by Gasteiger charge is -2.51. The van der Waals surface area contributed by atoms with Crippen LogP contribution in [0.4, 0.5) is 8.78 Å². The lowest BCUT2D eigenvalue weighted by Crippen LogP contribution is -2.60. The van der Waals surface area contributed by atoms with Crippen LogP contribution in [0, 0.1) is 17.0 Å². The van der Waals surface area contributed by atoms with Crippen LogP contribution in [0.25, 0.3) is 0 Å². The molecule has 0 aliphatic heterocycles. The second-order valence-electron chi connectivity index (χ2n) is 5.54. The number of nitrogens with one attached hydrogen (secondary N) is 1. The number of hydrogen-bond acceptors (Lipinski definition) is 2. The van der Waals surface area contributed by atoms with E-state index in [1.165, 1.54) is 12.1 Å². The predicted octanol–water partition coefficient (Wildman–Crippen LogP) is 3.63. The summed E-state index contributed by atoms with van der Waals surface area (Å²) in [6.45, 7) is 4.37. The van der Waals surface area contributed by atoms with Gasteiger partial charge in [0.15, 0.2) is 0 Å². The fraction of sp³-hybridized carbons (Fsp3) is 0.571. The van der Waals surface area contributed by atoms with Gasteiger partial charge in [-0.25, -0.2) is 8.78 Å². The molecule has 0 saturated heterocycles. The van der Waals surface area contributed by atoms with Gasteiger partial charge in [0.2, 0.25) is 0 Å². The van der Waals surface area contributed by atoms with Crippen LogP contribution < -0.4 is 5.32 Å². The third kappa shape index (κ3) is 2.69. The van der Waals surface area contributed by atoms with E-state index in [2.05, 4.69) is 35.1 Å². The quantitative estimate of drug-likeness (QED) is 0.849. The van der Waals surface area contributed by atoms with Crippen molar-refractivity contribution in [1.29, 1.82) is 0 Å². The first-order chi connectivity index (χ1) is 8.87. The third-order valence-electron chi connectivity index (χ3n) is 4.13. The molecule has 0 bridgehead atoms. The molecular weight excluding hydrogens is 316 g/mol. The Bertz CT molecular complexity index is 479. The predicted molar refractivity (Wildman–Crippen MR) is 73.9 cm³/mol. The summed E-state index contributed by atoms with van der Waals surface area (Å²) in [6, 6.07) is 2.85. The normalized spacial score (nSPS) is 25.2. The molecule has 19 heavy (non-hydrogen) atoms. The fourth-order valence-electron chi connectivity index (χ4n) is 2.59. The van der Waals surface area contributed by atoms with Crippen LogP contribution in [0.15, 0.2) is 16.6 Å². The largest absolute Gasteiger partial charge is 0.381 e. The Hall–Kier alpha value is -0.520. The van der Waals surface area contributed by atoms with Crippen molar-refractivity contribution in [3.05, 3.63) is 33.8 Å². The summed E-state index contributed by atoms with van der Waals surface area (Å²) in [4.78, 5) is 0. The first-order valence-electron chi connectivity index (χ1n) is 6.26. The van der Waals surface area contributed by atoms with Gasteiger partial charge >= 0.3 is 0 Å². The highest BCUT2D eigenvalue weighted by Gasteiger charge is 2.48. The van der Waals surface area contributed by atoms with Gasteiger partial charge in [-0.15, -0.1) is 0 Å². The second kappa shape index (κ2) is 5.46. The minimum atomic E-state index is -0.534. The van der Waals surface area contributed by atoms with Crippen molar-refractivity contribution < 1.29 is 13.5 Å². The monoisotopic (exact) mass is 333 g/mol. The van der Waals surface area contributed by atoms with E-state index < -0.39 is 11.6 Å². The van der Waals surface area contributed by atoms with Crippen molar-refractivity contribution in [2.75, 3.05) is 7.11 Å². The van der Waals surface area contributed by atoms with Crippen LogP contribution in [0.2, 0.25) is 0 Å². The molecule has 1 saturated carbocycles. The van der Waals surface area contributed by atoms with Crippen LogP contribution >= 0.6 is 15.9 Å². The number of methoxy groups -OCH3 is 1. The van der Waals surface area contributed by atoms with Gasteiger partial charge in [0.1, 0.15) is 11.6 Å². The van der Waals surface area contributed by atoms with E-state index in [1.54, 1.807) is 7.11 Å². The molecule has 0 radical (unpaired) electrons. The minimum Gasteiger partial charge on any atom is -0.381 e. The molecule has 2 atom stereocenters. The molecule has 0 amide bonds. The maximum Gasteiger partial charge on any atom is 0.144 e. The minimum absolute atomic E-state index is 0.0201. The Morgan fingerprint density at radius 1 is 1.42 bits per heavy atom. The van der Waals surface area contributed by atoms with Gasteiger partial charge < -0.3 is 10.1 Å². The van der Waals surface area contributed by atoms with Crippen molar-refractivity contribution in [2.45, 2.75) is 39.0 Å². The first kappa shape index (κ1) is 14.9. The molecule has 106 valence electrons. The van der Waals surface area contributed by atoms with Gasteiger partial charge in [-0.2, -0.15) is 0 Å². The lowest BCUT2D eigenvalue weighted by molar-refractivity contribution is -0.0980. The number of halogens is 3. The second-order valence-corrected chi connectivity index (χ2v) is 6.39. The Morgan fingerprint density at radius 3 is 2.68 bits per heavy atom. The number of benzene rings is 1. The van der Waals surface area contributed by atoms with Crippen LogP contribution in [-0.4, -0.2) is 19.3 Å². The molecule has 1 aromatic rings. The molecule has 2 nitrogen and oxygen atoms in total. The SMILES string of the molecule is COC1CC(NCc2c(F)ccc(Br)c2F)C1(C)C. The van der Waals surface area contributed by atoms with E-state index in [0.717, 1.165) is 6.42 Å². The highest BCUT2D eigenvalue weighted by molar-refractivity contribution is 9.10. The molecule has 1 aromatic carbocycles. The Labute approximate surface area is 120 Å². The van der Waals surface area contributed by atoms with Crippen LogP contribution in [0.3, 0.4) is 0 Å². The molecular formula is C14H18BrF2NO. The van der Waals surface area contributed by atoms with Gasteiger partial charge in [0.05, 0.1) is 10.6 Å². The molecule has 2 rings (SSSR count). The highest BCUT2D eigenvalue weighted by Crippen LogP contribution is 2.42. The first-order valence-corrected chi connectivity index (χ1v) is 7.05. The number of rotatable bonds is 4. The van der Waals surface area contributed by atoms with Crippen LogP contribution in [-0.2, 0) is 11.3 Å². The van der Waals surface area contributed by atoms with Crippen molar-refractivity contribution in [3.63, 3.8) is 0 Å². The zero-order chi connectivity index (χ0) is 14.2. The standard InChI is InChI=1S/C14H18BrF2NO/c1-14(2)11(6-12(14)19-3)18-7-8-10(16)5-4-9(15)13(8)17/h4-5,11-12,18H,6-7H2,1-3H3. The van der Waals surface area contributed by atoms with E-state index in [-0.39, 0.29) is 34.1 Å². The average Bonchev–Trinajstić information content (AvgIpc) is 2.36. The smallest absolute Gasteiger partial charge is 0.144 e. The molecule has 0 heterocycles. The van der Waals surface area contributed by atoms with E-state index in [9.17, 15) is 8.78 Å². The number of hydrogen-bond donors (Lipinski definition) is 1. The lowest BCUT2D eigenvalue weighted by atomic mass is 9.64. The van der Waals surface area contributed by atoms with E-state index in [1.807, 2.05) is 0 Å². The zero-order valence-electron chi connectivity index (χ0n) is 11.3. The summed E-state index contributed by atoms with van der Waals surface area (Å²) in [5.41, 5.74) is 0.0549. The average molecular weight is 334 g/mol. The molecule has 1 N–H and O–H groups in total. The summed E-state index contributed by atoms with van der Waals surface area (Å²) in [6.07, 6.45) is 1.06. The van der Waals surface area contributed by atoms with Gasteiger partial charge in [-0.05, 0) is 34.5 Å². The van der Waals surface area contributed by atoms with Crippen molar-refractivity contribution in [3.8, 4) is 0 Å². The maximum absolute atomic E-state index is 13.8. The van der Waals surface area contributed by atoms with E-state index in [4.69, 9.17) is 4.74 Å². The van der Waals surface area contributed by atoms with Gasteiger partial charge in [0.25, 0.3) is 0 Å². The van der Waals surface area contributed by atoms with Crippen molar-refractivity contribution in [1.82, 2.24) is 5.32 Å². The fourth-order valence-corrected chi connectivity index (χ4v) is 2.96.